The second-order valence-electron chi connectivity index (χ2n) is 7.81. The molecule has 0 aliphatic carbocycles. The van der Waals surface area contributed by atoms with Crippen LogP contribution in [0.3, 0.4) is 0 Å². The Bertz CT molecular complexity index is 765. The highest BCUT2D eigenvalue weighted by Gasteiger charge is 2.26. The third-order valence-corrected chi connectivity index (χ3v) is 5.11. The number of carbonyl (C=O) groups is 1. The Morgan fingerprint density at radius 3 is 2.63 bits per heavy atom. The van der Waals surface area contributed by atoms with Gasteiger partial charge >= 0.3 is 0 Å². The summed E-state index contributed by atoms with van der Waals surface area (Å²) in [4.78, 5) is 17.1. The highest BCUT2D eigenvalue weighted by atomic mass is 16.2. The molecule has 1 fully saturated rings. The van der Waals surface area contributed by atoms with Crippen LogP contribution in [-0.2, 0) is 18.4 Å². The maximum absolute atomic E-state index is 12.6. The van der Waals surface area contributed by atoms with Gasteiger partial charge in [-0.05, 0) is 51.5 Å². The molecule has 1 saturated heterocycles. The van der Waals surface area contributed by atoms with E-state index in [0.717, 1.165) is 37.3 Å². The Kier molecular flexibility index (Phi) is 6.29. The summed E-state index contributed by atoms with van der Waals surface area (Å²) in [6, 6.07) is 9.19. The Balaban J connectivity index is 1.66. The summed E-state index contributed by atoms with van der Waals surface area (Å²) in [6.07, 6.45) is 5.31. The van der Waals surface area contributed by atoms with Gasteiger partial charge in [0.1, 0.15) is 0 Å². The Morgan fingerprint density at radius 1 is 1.26 bits per heavy atom. The summed E-state index contributed by atoms with van der Waals surface area (Å²) >= 11 is 0. The first-order chi connectivity index (χ1) is 12.9. The van der Waals surface area contributed by atoms with E-state index in [1.165, 1.54) is 17.5 Å². The average Bonchev–Trinajstić information content (AvgIpc) is 2.92. The third-order valence-electron chi connectivity index (χ3n) is 5.11. The lowest BCUT2D eigenvalue weighted by molar-refractivity contribution is -0.118. The molecule has 1 aliphatic rings. The van der Waals surface area contributed by atoms with E-state index in [-0.39, 0.29) is 5.91 Å². The minimum absolute atomic E-state index is 0.0298. The molecule has 1 aromatic heterocycles. The molecule has 6 nitrogen and oxygen atoms in total. The first-order valence-electron chi connectivity index (χ1n) is 9.70. The number of hydrogen-bond acceptors (Lipinski definition) is 4. The number of aromatic nitrogens is 2. The maximum atomic E-state index is 12.6. The van der Waals surface area contributed by atoms with Gasteiger partial charge in [0, 0.05) is 25.8 Å². The van der Waals surface area contributed by atoms with Gasteiger partial charge in [-0.2, -0.15) is 5.10 Å². The number of benzene rings is 1. The zero-order chi connectivity index (χ0) is 19.4. The first-order valence-corrected chi connectivity index (χ1v) is 9.70. The van der Waals surface area contributed by atoms with Crippen molar-refractivity contribution in [2.24, 2.45) is 7.05 Å². The minimum Gasteiger partial charge on any atom is -0.322 e. The lowest BCUT2D eigenvalue weighted by atomic mass is 9.94. The number of nitrogens with zero attached hydrogens (tertiary/aromatic N) is 4. The Hall–Kier alpha value is -2.18. The second-order valence-corrected chi connectivity index (χ2v) is 7.81. The number of rotatable bonds is 6. The van der Waals surface area contributed by atoms with Gasteiger partial charge in [-0.25, -0.2) is 0 Å². The smallest absolute Gasteiger partial charge is 0.238 e. The number of anilines is 1. The van der Waals surface area contributed by atoms with Gasteiger partial charge in [0.05, 0.1) is 17.9 Å². The number of amides is 1. The summed E-state index contributed by atoms with van der Waals surface area (Å²) in [7, 11) is 6.03. The molecule has 146 valence electrons. The van der Waals surface area contributed by atoms with E-state index < -0.39 is 0 Å². The van der Waals surface area contributed by atoms with Crippen LogP contribution in [0, 0.1) is 6.92 Å². The standard InChI is InChI=1S/C21H31N5O/c1-16-19(14-25(4)23-16)22-21(27)15-26-12-6-5-7-20(26)18-10-8-17(9-11-18)13-24(2)3/h8-11,14,20H,5-7,12-13,15H2,1-4H3,(H,22,27)/t20-/m0/s1. The number of likely N-dealkylation sites (tertiary alicyclic amines) is 1. The van der Waals surface area contributed by atoms with Crippen LogP contribution in [0.25, 0.3) is 0 Å². The van der Waals surface area contributed by atoms with E-state index in [1.807, 2.05) is 20.2 Å². The predicted octanol–water partition coefficient (Wildman–Crippen LogP) is 2.96. The van der Waals surface area contributed by atoms with Gasteiger partial charge in [0.15, 0.2) is 0 Å². The fourth-order valence-electron chi connectivity index (χ4n) is 3.86. The highest BCUT2D eigenvalue weighted by Crippen LogP contribution is 2.31. The fraction of sp³-hybridized carbons (Fsp3) is 0.524. The molecule has 0 bridgehead atoms. The predicted molar refractivity (Wildman–Crippen MR) is 109 cm³/mol. The van der Waals surface area contributed by atoms with Crippen LogP contribution in [0.4, 0.5) is 5.69 Å². The van der Waals surface area contributed by atoms with Gasteiger partial charge in [0.25, 0.3) is 0 Å². The molecule has 0 unspecified atom stereocenters. The van der Waals surface area contributed by atoms with Crippen molar-refractivity contribution < 1.29 is 4.79 Å². The Labute approximate surface area is 162 Å². The van der Waals surface area contributed by atoms with Gasteiger partial charge in [-0.3, -0.25) is 14.4 Å². The molecular weight excluding hydrogens is 338 g/mol. The van der Waals surface area contributed by atoms with E-state index in [2.05, 4.69) is 58.6 Å². The number of nitrogens with one attached hydrogen (secondary N) is 1. The second kappa shape index (κ2) is 8.67. The number of piperidine rings is 1. The van der Waals surface area contributed by atoms with Crippen molar-refractivity contribution in [3.05, 3.63) is 47.3 Å². The highest BCUT2D eigenvalue weighted by molar-refractivity contribution is 5.92. The van der Waals surface area contributed by atoms with Gasteiger partial charge in [-0.1, -0.05) is 30.7 Å². The van der Waals surface area contributed by atoms with Crippen molar-refractivity contribution >= 4 is 11.6 Å². The topological polar surface area (TPSA) is 53.4 Å². The van der Waals surface area contributed by atoms with E-state index in [0.29, 0.717) is 12.6 Å². The van der Waals surface area contributed by atoms with E-state index in [4.69, 9.17) is 0 Å². The fourth-order valence-corrected chi connectivity index (χ4v) is 3.86. The molecule has 0 radical (unpaired) electrons. The molecule has 2 heterocycles. The number of hydrogen-bond donors (Lipinski definition) is 1. The van der Waals surface area contributed by atoms with E-state index in [1.54, 1.807) is 4.68 Å². The van der Waals surface area contributed by atoms with Crippen LogP contribution in [0.1, 0.15) is 42.1 Å². The van der Waals surface area contributed by atoms with Crippen molar-refractivity contribution in [3.63, 3.8) is 0 Å². The summed E-state index contributed by atoms with van der Waals surface area (Å²) in [5.74, 6) is 0.0298. The maximum Gasteiger partial charge on any atom is 0.238 e. The van der Waals surface area contributed by atoms with Gasteiger partial charge < -0.3 is 10.2 Å². The monoisotopic (exact) mass is 369 g/mol. The summed E-state index contributed by atoms with van der Waals surface area (Å²) in [5.41, 5.74) is 4.26. The van der Waals surface area contributed by atoms with Gasteiger partial charge in [0.2, 0.25) is 5.91 Å². The van der Waals surface area contributed by atoms with Crippen LogP contribution < -0.4 is 5.32 Å². The van der Waals surface area contributed by atoms with Crippen LogP contribution in [0.5, 0.6) is 0 Å². The van der Waals surface area contributed by atoms with E-state index >= 15 is 0 Å². The molecular formula is C21H31N5O. The van der Waals surface area contributed by atoms with Crippen molar-refractivity contribution in [3.8, 4) is 0 Å². The molecule has 1 aliphatic heterocycles. The van der Waals surface area contributed by atoms with Crippen molar-refractivity contribution in [2.75, 3.05) is 32.5 Å². The molecule has 6 heteroatoms. The molecule has 1 atom stereocenters. The largest absolute Gasteiger partial charge is 0.322 e. The van der Waals surface area contributed by atoms with Crippen molar-refractivity contribution in [1.82, 2.24) is 19.6 Å². The molecule has 27 heavy (non-hydrogen) atoms. The molecule has 1 amide bonds. The van der Waals surface area contributed by atoms with Crippen molar-refractivity contribution in [2.45, 2.75) is 38.8 Å². The van der Waals surface area contributed by atoms with Gasteiger partial charge in [-0.15, -0.1) is 0 Å². The van der Waals surface area contributed by atoms with Crippen molar-refractivity contribution in [1.29, 1.82) is 0 Å². The normalized spacial score (nSPS) is 18.0. The summed E-state index contributed by atoms with van der Waals surface area (Å²) in [5, 5.41) is 7.30. The number of aryl methyl sites for hydroxylation is 2. The van der Waals surface area contributed by atoms with Crippen LogP contribution in [0.15, 0.2) is 30.5 Å². The molecule has 2 aromatic rings. The molecule has 1 aromatic carbocycles. The average molecular weight is 370 g/mol. The molecule has 3 rings (SSSR count). The van der Waals surface area contributed by atoms with Crippen LogP contribution in [-0.4, -0.2) is 52.7 Å². The lowest BCUT2D eigenvalue weighted by Crippen LogP contribution is -2.39. The number of carbonyl (C=O) groups excluding carboxylic acids is 1. The van der Waals surface area contributed by atoms with Crippen LogP contribution in [0.2, 0.25) is 0 Å². The zero-order valence-electron chi connectivity index (χ0n) is 16.9. The molecule has 0 spiro atoms. The quantitative estimate of drug-likeness (QED) is 0.851. The molecule has 1 N–H and O–H groups in total. The van der Waals surface area contributed by atoms with E-state index in [9.17, 15) is 4.79 Å². The SMILES string of the molecule is Cc1nn(C)cc1NC(=O)CN1CCCC[C@H]1c1ccc(CN(C)C)cc1. The molecule has 0 saturated carbocycles. The summed E-state index contributed by atoms with van der Waals surface area (Å²) < 4.78 is 1.73. The van der Waals surface area contributed by atoms with Crippen LogP contribution >= 0.6 is 0 Å². The first kappa shape index (κ1) is 19.6. The Morgan fingerprint density at radius 2 is 2.00 bits per heavy atom. The minimum atomic E-state index is 0.0298. The lowest BCUT2D eigenvalue weighted by Gasteiger charge is -2.35. The third kappa shape index (κ3) is 5.17. The zero-order valence-corrected chi connectivity index (χ0v) is 16.9. The summed E-state index contributed by atoms with van der Waals surface area (Å²) in [6.45, 7) is 4.23.